The van der Waals surface area contributed by atoms with Crippen molar-refractivity contribution >= 4 is 20.2 Å². The van der Waals surface area contributed by atoms with Crippen molar-refractivity contribution in [1.82, 2.24) is 0 Å². The molecule has 1 aromatic carbocycles. The molecule has 5 heteroatoms. The molecule has 13 heavy (non-hydrogen) atoms. The molecule has 0 aliphatic heterocycles. The Kier molecular flexibility index (Phi) is 3.19. The number of hydrogen-bond donors (Lipinski definition) is 3. The highest BCUT2D eigenvalue weighted by Gasteiger charge is 2.26. The Morgan fingerprint density at radius 3 is 2.38 bits per heavy atom. The van der Waals surface area contributed by atoms with E-state index >= 15 is 0 Å². The summed E-state index contributed by atoms with van der Waals surface area (Å²) in [4.78, 5) is 18.5. The average molecular weight is 218 g/mol. The molecule has 0 aliphatic carbocycles. The molecule has 0 bridgehead atoms. The predicted molar refractivity (Wildman–Crippen MR) is 54.2 cm³/mol. The van der Waals surface area contributed by atoms with Crippen LogP contribution in [-0.2, 0) is 4.57 Å². The van der Waals surface area contributed by atoms with Crippen LogP contribution in [0.4, 0.5) is 0 Å². The number of rotatable bonds is 2. The SMILES string of the molecule is CC(c1ccccc1S)P(=O)(O)O. The highest BCUT2D eigenvalue weighted by atomic mass is 32.1. The predicted octanol–water partition coefficient (Wildman–Crippen LogP) is 2.21. The fourth-order valence-corrected chi connectivity index (χ4v) is 2.07. The largest absolute Gasteiger partial charge is 0.332 e. The summed E-state index contributed by atoms with van der Waals surface area (Å²) >= 11 is 4.13. The number of benzene rings is 1. The van der Waals surface area contributed by atoms with Crippen LogP contribution in [0.5, 0.6) is 0 Å². The van der Waals surface area contributed by atoms with E-state index < -0.39 is 13.3 Å². The molecule has 0 aromatic heterocycles. The van der Waals surface area contributed by atoms with E-state index in [1.807, 2.05) is 0 Å². The summed E-state index contributed by atoms with van der Waals surface area (Å²) in [6, 6.07) is 6.90. The van der Waals surface area contributed by atoms with Crippen molar-refractivity contribution in [3.8, 4) is 0 Å². The fraction of sp³-hybridized carbons (Fsp3) is 0.250. The Morgan fingerprint density at radius 1 is 1.38 bits per heavy atom. The first-order valence-corrected chi connectivity index (χ1v) is 5.89. The first-order chi connectivity index (χ1) is 5.93. The zero-order valence-corrected chi connectivity index (χ0v) is 8.87. The maximum absolute atomic E-state index is 10.9. The minimum absolute atomic E-state index is 0.583. The lowest BCUT2D eigenvalue weighted by molar-refractivity contribution is 0.361. The van der Waals surface area contributed by atoms with Crippen LogP contribution in [-0.4, -0.2) is 9.79 Å². The molecule has 0 fully saturated rings. The lowest BCUT2D eigenvalue weighted by atomic mass is 10.2. The Hall–Kier alpha value is -0.280. The molecule has 1 aromatic rings. The van der Waals surface area contributed by atoms with Crippen molar-refractivity contribution in [2.75, 3.05) is 0 Å². The van der Waals surface area contributed by atoms with Gasteiger partial charge in [-0.2, -0.15) is 0 Å². The van der Waals surface area contributed by atoms with Gasteiger partial charge in [-0.25, -0.2) is 0 Å². The van der Waals surface area contributed by atoms with E-state index in [0.29, 0.717) is 10.5 Å². The van der Waals surface area contributed by atoms with Crippen molar-refractivity contribution in [3.63, 3.8) is 0 Å². The summed E-state index contributed by atoms with van der Waals surface area (Å²) in [6.45, 7) is 1.50. The van der Waals surface area contributed by atoms with Crippen molar-refractivity contribution < 1.29 is 14.4 Å². The van der Waals surface area contributed by atoms with Gasteiger partial charge in [-0.05, 0) is 18.6 Å². The van der Waals surface area contributed by atoms with Crippen LogP contribution in [0.2, 0.25) is 0 Å². The van der Waals surface area contributed by atoms with Gasteiger partial charge in [0.05, 0.1) is 5.66 Å². The van der Waals surface area contributed by atoms with Crippen molar-refractivity contribution in [1.29, 1.82) is 0 Å². The van der Waals surface area contributed by atoms with E-state index in [0.717, 1.165) is 0 Å². The second kappa shape index (κ2) is 3.84. The van der Waals surface area contributed by atoms with E-state index in [1.54, 1.807) is 24.3 Å². The van der Waals surface area contributed by atoms with Crippen molar-refractivity contribution in [2.45, 2.75) is 17.5 Å². The van der Waals surface area contributed by atoms with Gasteiger partial charge in [-0.3, -0.25) is 4.57 Å². The molecule has 1 unspecified atom stereocenters. The van der Waals surface area contributed by atoms with Crippen LogP contribution in [0.1, 0.15) is 18.1 Å². The van der Waals surface area contributed by atoms with Crippen LogP contribution in [0.3, 0.4) is 0 Å². The summed E-state index contributed by atoms with van der Waals surface area (Å²) in [7, 11) is -4.05. The monoisotopic (exact) mass is 218 g/mol. The minimum atomic E-state index is -4.05. The Balaban J connectivity index is 3.09. The molecule has 0 saturated carbocycles. The van der Waals surface area contributed by atoms with E-state index in [2.05, 4.69) is 12.6 Å². The number of thiol groups is 1. The standard InChI is InChI=1S/C8H11O3PS/c1-6(12(9,10)11)7-4-2-3-5-8(7)13/h2-6,13H,1H3,(H2,9,10,11). The average Bonchev–Trinajstić information content (AvgIpc) is 2.02. The second-order valence-electron chi connectivity index (χ2n) is 2.82. The first kappa shape index (κ1) is 10.8. The molecule has 72 valence electrons. The molecule has 0 heterocycles. The third-order valence-corrected chi connectivity index (χ3v) is 3.59. The lowest BCUT2D eigenvalue weighted by Gasteiger charge is -2.15. The summed E-state index contributed by atoms with van der Waals surface area (Å²) in [5, 5.41) is 0. The van der Waals surface area contributed by atoms with Gasteiger partial charge in [0.15, 0.2) is 0 Å². The third-order valence-electron chi connectivity index (χ3n) is 1.89. The zero-order chi connectivity index (χ0) is 10.1. The second-order valence-corrected chi connectivity index (χ2v) is 5.26. The topological polar surface area (TPSA) is 57.5 Å². The van der Waals surface area contributed by atoms with Crippen molar-refractivity contribution in [2.24, 2.45) is 0 Å². The summed E-state index contributed by atoms with van der Waals surface area (Å²) < 4.78 is 10.9. The minimum Gasteiger partial charge on any atom is -0.324 e. The third kappa shape index (κ3) is 2.58. The Morgan fingerprint density at radius 2 is 1.92 bits per heavy atom. The highest BCUT2D eigenvalue weighted by molar-refractivity contribution is 7.80. The van der Waals surface area contributed by atoms with Gasteiger partial charge in [0.2, 0.25) is 0 Å². The van der Waals surface area contributed by atoms with E-state index in [9.17, 15) is 4.57 Å². The molecule has 0 amide bonds. The van der Waals surface area contributed by atoms with Gasteiger partial charge in [-0.15, -0.1) is 12.6 Å². The molecule has 0 radical (unpaired) electrons. The van der Waals surface area contributed by atoms with Gasteiger partial charge in [0, 0.05) is 4.90 Å². The van der Waals surface area contributed by atoms with Gasteiger partial charge >= 0.3 is 7.60 Å². The van der Waals surface area contributed by atoms with Crippen LogP contribution in [0.15, 0.2) is 29.2 Å². The van der Waals surface area contributed by atoms with E-state index in [4.69, 9.17) is 9.79 Å². The fourth-order valence-electron chi connectivity index (χ4n) is 1.02. The molecule has 0 aliphatic rings. The smallest absolute Gasteiger partial charge is 0.324 e. The molecular weight excluding hydrogens is 207 g/mol. The van der Waals surface area contributed by atoms with Crippen LogP contribution in [0.25, 0.3) is 0 Å². The van der Waals surface area contributed by atoms with E-state index in [1.165, 1.54) is 6.92 Å². The zero-order valence-electron chi connectivity index (χ0n) is 7.08. The van der Waals surface area contributed by atoms with Gasteiger partial charge < -0.3 is 9.79 Å². The molecule has 0 saturated heterocycles. The summed E-state index contributed by atoms with van der Waals surface area (Å²) in [5.74, 6) is 0. The lowest BCUT2D eigenvalue weighted by Crippen LogP contribution is -1.95. The highest BCUT2D eigenvalue weighted by Crippen LogP contribution is 2.52. The maximum atomic E-state index is 10.9. The normalized spacial score (nSPS) is 14.2. The maximum Gasteiger partial charge on any atom is 0.332 e. The Labute approximate surface area is 82.4 Å². The van der Waals surface area contributed by atoms with Crippen LogP contribution in [0, 0.1) is 0 Å². The molecule has 3 nitrogen and oxygen atoms in total. The summed E-state index contributed by atoms with van der Waals surface area (Å²) in [6.07, 6.45) is 0. The van der Waals surface area contributed by atoms with Crippen LogP contribution >= 0.6 is 20.2 Å². The Bertz CT molecular complexity index is 347. The van der Waals surface area contributed by atoms with Crippen molar-refractivity contribution in [3.05, 3.63) is 29.8 Å². The van der Waals surface area contributed by atoms with Gasteiger partial charge in [0.25, 0.3) is 0 Å². The molecule has 0 spiro atoms. The molecular formula is C8H11O3PS. The van der Waals surface area contributed by atoms with Crippen LogP contribution < -0.4 is 0 Å². The quantitative estimate of drug-likeness (QED) is 0.527. The molecule has 1 rings (SSSR count). The van der Waals surface area contributed by atoms with E-state index in [-0.39, 0.29) is 0 Å². The summed E-state index contributed by atoms with van der Waals surface area (Å²) in [5.41, 5.74) is -0.208. The number of hydrogen-bond acceptors (Lipinski definition) is 2. The first-order valence-electron chi connectivity index (χ1n) is 3.76. The molecule has 2 N–H and O–H groups in total. The van der Waals surface area contributed by atoms with Gasteiger partial charge in [-0.1, -0.05) is 18.2 Å². The molecule has 1 atom stereocenters. The van der Waals surface area contributed by atoms with Gasteiger partial charge in [0.1, 0.15) is 0 Å².